The maximum atomic E-state index is 5.37. The number of aromatic nitrogens is 4. The number of nitrogens with zero attached hydrogens (tertiary/aromatic N) is 4. The molecule has 7 heteroatoms. The molecule has 5 nitrogen and oxygen atoms in total. The molecule has 3 heterocycles. The van der Waals surface area contributed by atoms with E-state index in [9.17, 15) is 0 Å². The van der Waals surface area contributed by atoms with Crippen LogP contribution in [0.1, 0.15) is 18.4 Å². The average Bonchev–Trinajstić information content (AvgIpc) is 3.29. The summed E-state index contributed by atoms with van der Waals surface area (Å²) in [5.41, 5.74) is 2.26. The summed E-state index contributed by atoms with van der Waals surface area (Å²) in [5.74, 6) is 1.80. The van der Waals surface area contributed by atoms with E-state index in [2.05, 4.69) is 39.2 Å². The molecular weight excluding hydrogens is 340 g/mol. The Labute approximate surface area is 147 Å². The molecule has 0 aliphatic heterocycles. The predicted molar refractivity (Wildman–Crippen MR) is 96.1 cm³/mol. The van der Waals surface area contributed by atoms with Crippen molar-refractivity contribution in [2.75, 3.05) is 0 Å². The number of rotatable bonds is 5. The number of fused-ring (bicyclic) bond motifs is 1. The van der Waals surface area contributed by atoms with E-state index in [0.717, 1.165) is 27.2 Å². The number of thiophene rings is 1. The molecule has 0 radical (unpaired) electrons. The Balaban J connectivity index is 1.50. The van der Waals surface area contributed by atoms with E-state index in [-0.39, 0.29) is 0 Å². The number of aryl methyl sites for hydroxylation is 1. The lowest BCUT2D eigenvalue weighted by Gasteiger charge is -1.98. The van der Waals surface area contributed by atoms with Gasteiger partial charge in [0.2, 0.25) is 11.7 Å². The lowest BCUT2D eigenvalue weighted by atomic mass is 10.1. The normalized spacial score (nSPS) is 11.2. The summed E-state index contributed by atoms with van der Waals surface area (Å²) < 4.78 is 5.37. The smallest absolute Gasteiger partial charge is 0.237 e. The first-order valence-electron chi connectivity index (χ1n) is 7.56. The van der Waals surface area contributed by atoms with Crippen LogP contribution in [0.15, 0.2) is 51.6 Å². The Morgan fingerprint density at radius 3 is 2.83 bits per heavy atom. The summed E-state index contributed by atoms with van der Waals surface area (Å²) in [6, 6.07) is 10.3. The Bertz CT molecular complexity index is 962. The molecule has 0 aliphatic rings. The fourth-order valence-corrected chi connectivity index (χ4v) is 3.95. The maximum absolute atomic E-state index is 5.37. The number of hydrogen-bond acceptors (Lipinski definition) is 7. The van der Waals surface area contributed by atoms with Crippen molar-refractivity contribution >= 4 is 33.3 Å². The van der Waals surface area contributed by atoms with E-state index in [0.29, 0.717) is 17.5 Å². The largest absolute Gasteiger partial charge is 0.338 e. The van der Waals surface area contributed by atoms with E-state index in [1.54, 1.807) is 29.4 Å². The van der Waals surface area contributed by atoms with Crippen molar-refractivity contribution in [2.24, 2.45) is 0 Å². The van der Waals surface area contributed by atoms with E-state index in [1.165, 1.54) is 5.56 Å². The second kappa shape index (κ2) is 6.70. The van der Waals surface area contributed by atoms with Gasteiger partial charge >= 0.3 is 0 Å². The summed E-state index contributed by atoms with van der Waals surface area (Å²) in [6.07, 6.45) is 2.61. The van der Waals surface area contributed by atoms with E-state index < -0.39 is 0 Å². The second-order valence-corrected chi connectivity index (χ2v) is 7.03. The SMILES string of the molecule is CCc1ccc(-c2noc(CSc3ncnc4sccc34)n2)cc1. The van der Waals surface area contributed by atoms with Crippen molar-refractivity contribution in [3.8, 4) is 11.4 Å². The minimum Gasteiger partial charge on any atom is -0.338 e. The molecule has 0 bridgehead atoms. The van der Waals surface area contributed by atoms with Gasteiger partial charge in [0.15, 0.2) is 0 Å². The molecule has 0 amide bonds. The lowest BCUT2D eigenvalue weighted by molar-refractivity contribution is 0.391. The zero-order valence-electron chi connectivity index (χ0n) is 13.0. The fourth-order valence-electron chi connectivity index (χ4n) is 2.33. The Hall–Kier alpha value is -2.25. The Morgan fingerprint density at radius 2 is 2.00 bits per heavy atom. The van der Waals surface area contributed by atoms with Gasteiger partial charge in [-0.2, -0.15) is 4.98 Å². The van der Waals surface area contributed by atoms with Crippen molar-refractivity contribution in [1.82, 2.24) is 20.1 Å². The van der Waals surface area contributed by atoms with Crippen LogP contribution in [0, 0.1) is 0 Å². The Kier molecular flexibility index (Phi) is 4.27. The van der Waals surface area contributed by atoms with Crippen LogP contribution in [-0.4, -0.2) is 20.1 Å². The highest BCUT2D eigenvalue weighted by molar-refractivity contribution is 7.98. The first kappa shape index (κ1) is 15.3. The Morgan fingerprint density at radius 1 is 1.12 bits per heavy atom. The molecule has 120 valence electrons. The van der Waals surface area contributed by atoms with Crippen LogP contribution in [0.4, 0.5) is 0 Å². The molecule has 0 N–H and O–H groups in total. The minimum absolute atomic E-state index is 0.585. The van der Waals surface area contributed by atoms with Crippen LogP contribution < -0.4 is 0 Å². The summed E-state index contributed by atoms with van der Waals surface area (Å²) in [7, 11) is 0. The highest BCUT2D eigenvalue weighted by atomic mass is 32.2. The molecule has 0 atom stereocenters. The lowest BCUT2D eigenvalue weighted by Crippen LogP contribution is -1.86. The van der Waals surface area contributed by atoms with Crippen molar-refractivity contribution < 1.29 is 4.52 Å². The highest BCUT2D eigenvalue weighted by Crippen LogP contribution is 2.29. The van der Waals surface area contributed by atoms with Gasteiger partial charge in [0.1, 0.15) is 16.2 Å². The molecule has 0 saturated heterocycles. The third kappa shape index (κ3) is 3.05. The molecule has 3 aromatic heterocycles. The molecule has 4 aromatic rings. The van der Waals surface area contributed by atoms with Gasteiger partial charge in [-0.1, -0.05) is 48.1 Å². The summed E-state index contributed by atoms with van der Waals surface area (Å²) in [4.78, 5) is 14.1. The minimum atomic E-state index is 0.585. The van der Waals surface area contributed by atoms with Crippen molar-refractivity contribution in [2.45, 2.75) is 24.1 Å². The molecule has 1 aromatic carbocycles. The molecule has 0 unspecified atom stereocenters. The van der Waals surface area contributed by atoms with Gasteiger partial charge in [0, 0.05) is 10.9 Å². The third-order valence-electron chi connectivity index (χ3n) is 3.65. The van der Waals surface area contributed by atoms with Crippen LogP contribution in [-0.2, 0) is 12.2 Å². The molecule has 24 heavy (non-hydrogen) atoms. The molecule has 0 spiro atoms. The zero-order valence-corrected chi connectivity index (χ0v) is 14.6. The summed E-state index contributed by atoms with van der Waals surface area (Å²) in [6.45, 7) is 2.14. The van der Waals surface area contributed by atoms with Gasteiger partial charge in [-0.3, -0.25) is 0 Å². The monoisotopic (exact) mass is 354 g/mol. The van der Waals surface area contributed by atoms with Gasteiger partial charge < -0.3 is 4.52 Å². The predicted octanol–water partition coefficient (Wildman–Crippen LogP) is 4.60. The summed E-state index contributed by atoms with van der Waals surface area (Å²) >= 11 is 3.19. The topological polar surface area (TPSA) is 64.7 Å². The first-order valence-corrected chi connectivity index (χ1v) is 9.43. The van der Waals surface area contributed by atoms with Gasteiger partial charge in [-0.15, -0.1) is 11.3 Å². The van der Waals surface area contributed by atoms with Crippen molar-refractivity contribution in [3.63, 3.8) is 0 Å². The quantitative estimate of drug-likeness (QED) is 0.386. The van der Waals surface area contributed by atoms with E-state index in [4.69, 9.17) is 4.52 Å². The maximum Gasteiger partial charge on any atom is 0.237 e. The van der Waals surface area contributed by atoms with Crippen LogP contribution in [0.25, 0.3) is 21.6 Å². The average molecular weight is 354 g/mol. The molecular formula is C17H14N4OS2. The standard InChI is InChI=1S/C17H14N4OS2/c1-2-11-3-5-12(6-4-11)15-20-14(22-21-15)9-24-17-13-7-8-23-16(13)18-10-19-17/h3-8,10H,2,9H2,1H3. The van der Waals surface area contributed by atoms with Gasteiger partial charge in [-0.05, 0) is 23.4 Å². The van der Waals surface area contributed by atoms with Crippen LogP contribution in [0.2, 0.25) is 0 Å². The van der Waals surface area contributed by atoms with Crippen molar-refractivity contribution in [1.29, 1.82) is 0 Å². The van der Waals surface area contributed by atoms with E-state index in [1.807, 2.05) is 23.6 Å². The van der Waals surface area contributed by atoms with Crippen LogP contribution >= 0.6 is 23.1 Å². The molecule has 0 fully saturated rings. The van der Waals surface area contributed by atoms with Crippen molar-refractivity contribution in [3.05, 3.63) is 53.5 Å². The summed E-state index contributed by atoms with van der Waals surface area (Å²) in [5, 5.41) is 8.11. The molecule has 4 rings (SSSR count). The zero-order chi connectivity index (χ0) is 16.4. The number of hydrogen-bond donors (Lipinski definition) is 0. The first-order chi connectivity index (χ1) is 11.8. The van der Waals surface area contributed by atoms with Crippen LogP contribution in [0.5, 0.6) is 0 Å². The molecule has 0 aliphatic carbocycles. The second-order valence-electron chi connectivity index (χ2n) is 5.17. The van der Waals surface area contributed by atoms with Gasteiger partial charge in [0.05, 0.1) is 5.75 Å². The fraction of sp³-hybridized carbons (Fsp3) is 0.176. The van der Waals surface area contributed by atoms with Gasteiger partial charge in [-0.25, -0.2) is 9.97 Å². The molecule has 0 saturated carbocycles. The van der Waals surface area contributed by atoms with Gasteiger partial charge in [0.25, 0.3) is 0 Å². The number of benzene rings is 1. The van der Waals surface area contributed by atoms with E-state index >= 15 is 0 Å². The van der Waals surface area contributed by atoms with Crippen LogP contribution in [0.3, 0.4) is 0 Å². The third-order valence-corrected chi connectivity index (χ3v) is 5.46. The highest BCUT2D eigenvalue weighted by Gasteiger charge is 2.11. The number of thioether (sulfide) groups is 1.